The van der Waals surface area contributed by atoms with Crippen molar-refractivity contribution < 1.29 is 9.47 Å². The number of fused-ring (bicyclic) bond motifs is 4. The fraction of sp³-hybridized carbons (Fsp3) is 0.200. The number of hydrogen-bond donors (Lipinski definition) is 1. The van der Waals surface area contributed by atoms with E-state index in [1.165, 1.54) is 0 Å². The average Bonchev–Trinajstić information content (AvgIpc) is 2.49. The average molecular weight is 472 g/mol. The van der Waals surface area contributed by atoms with E-state index in [1.807, 2.05) is 18.2 Å². The first-order chi connectivity index (χ1) is 10.6. The van der Waals surface area contributed by atoms with Crippen molar-refractivity contribution in [2.24, 2.45) is 10.7 Å². The van der Waals surface area contributed by atoms with Crippen LogP contribution in [0.3, 0.4) is 0 Å². The molecule has 2 aliphatic rings. The van der Waals surface area contributed by atoms with Gasteiger partial charge in [0, 0.05) is 31.8 Å². The SMILES string of the molecule is NC1=N[C@@]2(CCO1)c1cc(I)ccc1Oc1ncc(Br)cc12. The molecule has 4 rings (SSSR count). The van der Waals surface area contributed by atoms with Crippen molar-refractivity contribution in [3.63, 3.8) is 0 Å². The maximum absolute atomic E-state index is 5.96. The van der Waals surface area contributed by atoms with E-state index in [-0.39, 0.29) is 6.02 Å². The fourth-order valence-electron chi connectivity index (χ4n) is 2.94. The van der Waals surface area contributed by atoms with Gasteiger partial charge in [-0.3, -0.25) is 0 Å². The normalized spacial score (nSPS) is 22.2. The molecular weight excluding hydrogens is 461 g/mol. The number of aromatic nitrogens is 1. The molecule has 7 heteroatoms. The summed E-state index contributed by atoms with van der Waals surface area (Å²) in [4.78, 5) is 9.06. The summed E-state index contributed by atoms with van der Waals surface area (Å²) < 4.78 is 13.3. The second-order valence-electron chi connectivity index (χ2n) is 5.16. The topological polar surface area (TPSA) is 69.7 Å². The summed E-state index contributed by atoms with van der Waals surface area (Å²) in [6, 6.07) is 8.23. The summed E-state index contributed by atoms with van der Waals surface area (Å²) in [6.45, 7) is 0.506. The Morgan fingerprint density at radius 3 is 2.95 bits per heavy atom. The molecule has 3 heterocycles. The first kappa shape index (κ1) is 14.3. The smallest absolute Gasteiger partial charge is 0.283 e. The van der Waals surface area contributed by atoms with Gasteiger partial charge in [-0.25, -0.2) is 9.98 Å². The zero-order valence-electron chi connectivity index (χ0n) is 11.3. The predicted octanol–water partition coefficient (Wildman–Crippen LogP) is 3.53. The van der Waals surface area contributed by atoms with Crippen molar-refractivity contribution in [1.82, 2.24) is 4.98 Å². The minimum absolute atomic E-state index is 0.198. The molecule has 1 aromatic heterocycles. The van der Waals surface area contributed by atoms with Crippen molar-refractivity contribution in [3.8, 4) is 11.6 Å². The quantitative estimate of drug-likeness (QED) is 0.597. The number of nitrogens with zero attached hydrogens (tertiary/aromatic N) is 2. The summed E-state index contributed by atoms with van der Waals surface area (Å²) in [6.07, 6.45) is 2.41. The van der Waals surface area contributed by atoms with Crippen LogP contribution in [0.15, 0.2) is 39.9 Å². The summed E-state index contributed by atoms with van der Waals surface area (Å²) in [5.41, 5.74) is 7.18. The standard InChI is InChI=1S/C15H11BrIN3O2/c16-8-5-11-13(19-7-8)22-12-2-1-9(17)6-10(12)15(11)3-4-21-14(18)20-15/h1-2,5-7H,3-4H2,(H2,18,20)/t15-/m0/s1. The van der Waals surface area contributed by atoms with Gasteiger partial charge in [-0.15, -0.1) is 0 Å². The third-order valence-corrected chi connectivity index (χ3v) is 4.98. The number of benzene rings is 1. The third kappa shape index (κ3) is 2.10. The molecule has 0 saturated carbocycles. The number of amidine groups is 1. The number of rotatable bonds is 0. The molecule has 22 heavy (non-hydrogen) atoms. The van der Waals surface area contributed by atoms with E-state index in [9.17, 15) is 0 Å². The van der Waals surface area contributed by atoms with Crippen molar-refractivity contribution in [2.45, 2.75) is 12.0 Å². The van der Waals surface area contributed by atoms with Crippen LogP contribution in [0.4, 0.5) is 0 Å². The molecule has 112 valence electrons. The Morgan fingerprint density at radius 1 is 1.27 bits per heavy atom. The molecular formula is C15H11BrIN3O2. The monoisotopic (exact) mass is 471 g/mol. The summed E-state index contributed by atoms with van der Waals surface area (Å²) >= 11 is 5.76. The minimum Gasteiger partial charge on any atom is -0.465 e. The number of hydrogen-bond acceptors (Lipinski definition) is 5. The molecule has 1 spiro atoms. The second-order valence-corrected chi connectivity index (χ2v) is 7.32. The van der Waals surface area contributed by atoms with Crippen molar-refractivity contribution in [1.29, 1.82) is 0 Å². The molecule has 1 aromatic carbocycles. The summed E-state index contributed by atoms with van der Waals surface area (Å²) in [5, 5.41) is 0. The molecule has 0 aliphatic carbocycles. The van der Waals surface area contributed by atoms with E-state index < -0.39 is 5.54 Å². The molecule has 0 saturated heterocycles. The Kier molecular flexibility index (Phi) is 3.30. The van der Waals surface area contributed by atoms with E-state index in [4.69, 9.17) is 15.2 Å². The number of halogens is 2. The Hall–Kier alpha value is -1.35. The first-order valence-corrected chi connectivity index (χ1v) is 8.58. The van der Waals surface area contributed by atoms with Crippen molar-refractivity contribution in [2.75, 3.05) is 6.61 Å². The van der Waals surface area contributed by atoms with Gasteiger partial charge in [0.15, 0.2) is 0 Å². The molecule has 0 unspecified atom stereocenters. The van der Waals surface area contributed by atoms with Crippen LogP contribution in [0.5, 0.6) is 11.6 Å². The molecule has 2 aliphatic heterocycles. The van der Waals surface area contributed by atoms with Gasteiger partial charge in [-0.1, -0.05) is 0 Å². The Balaban J connectivity index is 2.05. The zero-order chi connectivity index (χ0) is 15.3. The van der Waals surface area contributed by atoms with Crippen LogP contribution >= 0.6 is 38.5 Å². The molecule has 0 radical (unpaired) electrons. The number of aliphatic imine (C=N–C) groups is 1. The first-order valence-electron chi connectivity index (χ1n) is 6.70. The van der Waals surface area contributed by atoms with Gasteiger partial charge in [-0.05, 0) is 62.8 Å². The van der Waals surface area contributed by atoms with E-state index >= 15 is 0 Å². The largest absolute Gasteiger partial charge is 0.465 e. The van der Waals surface area contributed by atoms with Crippen molar-refractivity contribution in [3.05, 3.63) is 49.6 Å². The third-order valence-electron chi connectivity index (χ3n) is 3.87. The molecule has 0 amide bonds. The highest BCUT2D eigenvalue weighted by molar-refractivity contribution is 14.1. The fourth-order valence-corrected chi connectivity index (χ4v) is 3.76. The lowest BCUT2D eigenvalue weighted by molar-refractivity contribution is 0.218. The number of nitrogens with two attached hydrogens (primary N) is 1. The van der Waals surface area contributed by atoms with Gasteiger partial charge in [0.25, 0.3) is 6.02 Å². The van der Waals surface area contributed by atoms with Crippen LogP contribution in [-0.2, 0) is 10.3 Å². The van der Waals surface area contributed by atoms with E-state index in [2.05, 4.69) is 54.6 Å². The van der Waals surface area contributed by atoms with Crippen LogP contribution in [0.1, 0.15) is 17.5 Å². The minimum atomic E-state index is -0.608. The van der Waals surface area contributed by atoms with E-state index in [1.54, 1.807) is 6.20 Å². The van der Waals surface area contributed by atoms with Gasteiger partial charge in [0.05, 0.1) is 6.61 Å². The highest BCUT2D eigenvalue weighted by Crippen LogP contribution is 2.51. The lowest BCUT2D eigenvalue weighted by atomic mass is 9.79. The number of pyridine rings is 1. The lowest BCUT2D eigenvalue weighted by Crippen LogP contribution is -2.38. The lowest BCUT2D eigenvalue weighted by Gasteiger charge is -2.38. The second kappa shape index (κ2) is 5.09. The van der Waals surface area contributed by atoms with Crippen LogP contribution in [0, 0.1) is 3.57 Å². The van der Waals surface area contributed by atoms with Crippen LogP contribution in [0.2, 0.25) is 0 Å². The Morgan fingerprint density at radius 2 is 2.14 bits per heavy atom. The van der Waals surface area contributed by atoms with Crippen LogP contribution < -0.4 is 10.5 Å². The van der Waals surface area contributed by atoms with Gasteiger partial charge in [-0.2, -0.15) is 0 Å². The van der Waals surface area contributed by atoms with Crippen LogP contribution in [0.25, 0.3) is 0 Å². The van der Waals surface area contributed by atoms with E-state index in [0.29, 0.717) is 18.9 Å². The maximum atomic E-state index is 5.96. The van der Waals surface area contributed by atoms with Crippen molar-refractivity contribution >= 4 is 44.5 Å². The maximum Gasteiger partial charge on any atom is 0.283 e. The van der Waals surface area contributed by atoms with Gasteiger partial charge in [0.1, 0.15) is 11.3 Å². The Bertz CT molecular complexity index is 758. The Labute approximate surface area is 149 Å². The zero-order valence-corrected chi connectivity index (χ0v) is 15.1. The molecule has 2 N–H and O–H groups in total. The number of ether oxygens (including phenoxy) is 2. The summed E-state index contributed by atoms with van der Waals surface area (Å²) in [7, 11) is 0. The highest BCUT2D eigenvalue weighted by Gasteiger charge is 2.45. The van der Waals surface area contributed by atoms with Gasteiger partial charge >= 0.3 is 0 Å². The predicted molar refractivity (Wildman–Crippen MR) is 94.1 cm³/mol. The van der Waals surface area contributed by atoms with Gasteiger partial charge < -0.3 is 15.2 Å². The molecule has 0 bridgehead atoms. The van der Waals surface area contributed by atoms with E-state index in [0.717, 1.165) is 24.9 Å². The molecule has 5 nitrogen and oxygen atoms in total. The highest BCUT2D eigenvalue weighted by atomic mass is 127. The molecule has 2 aromatic rings. The van der Waals surface area contributed by atoms with Crippen LogP contribution in [-0.4, -0.2) is 17.6 Å². The molecule has 0 fully saturated rings. The summed E-state index contributed by atoms with van der Waals surface area (Å²) in [5.74, 6) is 1.33. The molecule has 1 atom stereocenters. The van der Waals surface area contributed by atoms with Gasteiger partial charge in [0.2, 0.25) is 5.88 Å².